The van der Waals surface area contributed by atoms with Crippen LogP contribution >= 0.6 is 0 Å². The number of hydrogen-bond donors (Lipinski definition) is 1. The lowest BCUT2D eigenvalue weighted by molar-refractivity contribution is -0.132. The van der Waals surface area contributed by atoms with Crippen LogP contribution in [0.4, 0.5) is 0 Å². The zero-order valence-electron chi connectivity index (χ0n) is 9.92. The van der Waals surface area contributed by atoms with Crippen molar-refractivity contribution in [1.29, 1.82) is 0 Å². The van der Waals surface area contributed by atoms with Gasteiger partial charge < -0.3 is 10.2 Å². The number of nitrogens with zero attached hydrogens (tertiary/aromatic N) is 1. The van der Waals surface area contributed by atoms with Crippen LogP contribution in [0.15, 0.2) is 0 Å². The normalized spacial score (nSPS) is 24.7. The van der Waals surface area contributed by atoms with Crippen molar-refractivity contribution < 1.29 is 9.59 Å². The molecule has 16 heavy (non-hydrogen) atoms. The van der Waals surface area contributed by atoms with Gasteiger partial charge in [-0.1, -0.05) is 13.3 Å². The van der Waals surface area contributed by atoms with Gasteiger partial charge in [0.15, 0.2) is 0 Å². The van der Waals surface area contributed by atoms with E-state index in [1.54, 1.807) is 0 Å². The van der Waals surface area contributed by atoms with E-state index >= 15 is 0 Å². The van der Waals surface area contributed by atoms with Crippen LogP contribution in [0.3, 0.4) is 0 Å². The molecule has 0 spiro atoms. The summed E-state index contributed by atoms with van der Waals surface area (Å²) in [6.07, 6.45) is 5.33. The van der Waals surface area contributed by atoms with E-state index in [4.69, 9.17) is 0 Å². The molecule has 0 radical (unpaired) electrons. The third kappa shape index (κ3) is 2.20. The van der Waals surface area contributed by atoms with Gasteiger partial charge in [0.2, 0.25) is 11.8 Å². The lowest BCUT2D eigenvalue weighted by Crippen LogP contribution is -2.45. The molecule has 0 aromatic rings. The Morgan fingerprint density at radius 3 is 2.69 bits per heavy atom. The molecule has 2 amide bonds. The van der Waals surface area contributed by atoms with Gasteiger partial charge in [0.25, 0.3) is 0 Å². The molecular formula is C12H20N2O2. The number of nitrogens with one attached hydrogen (secondary N) is 1. The molecule has 0 atom stereocenters. The first-order valence-electron chi connectivity index (χ1n) is 6.20. The molecule has 1 heterocycles. The van der Waals surface area contributed by atoms with Gasteiger partial charge in [-0.3, -0.25) is 9.59 Å². The summed E-state index contributed by atoms with van der Waals surface area (Å²) in [5.74, 6) is 0.0700. The van der Waals surface area contributed by atoms with E-state index in [0.717, 1.165) is 13.0 Å². The molecule has 0 aromatic carbocycles. The minimum absolute atomic E-state index is 0.00462. The zero-order chi connectivity index (χ0) is 11.6. The van der Waals surface area contributed by atoms with Crippen molar-refractivity contribution in [2.75, 3.05) is 19.6 Å². The predicted octanol–water partition coefficient (Wildman–Crippen LogP) is 0.915. The molecule has 0 bridgehead atoms. The van der Waals surface area contributed by atoms with Gasteiger partial charge in [0.05, 0.1) is 6.54 Å². The number of hydrogen-bond acceptors (Lipinski definition) is 2. The fourth-order valence-electron chi connectivity index (χ4n) is 2.61. The topological polar surface area (TPSA) is 49.4 Å². The smallest absolute Gasteiger partial charge is 0.241 e. The van der Waals surface area contributed by atoms with Crippen molar-refractivity contribution in [3.63, 3.8) is 0 Å². The van der Waals surface area contributed by atoms with Crippen molar-refractivity contribution in [2.45, 2.75) is 39.0 Å². The van der Waals surface area contributed by atoms with E-state index in [2.05, 4.69) is 12.2 Å². The highest BCUT2D eigenvalue weighted by molar-refractivity contribution is 5.87. The second-order valence-electron chi connectivity index (χ2n) is 5.05. The first kappa shape index (κ1) is 11.4. The van der Waals surface area contributed by atoms with Gasteiger partial charge in [-0.05, 0) is 24.7 Å². The number of amides is 2. The molecule has 1 aliphatic carbocycles. The number of rotatable bonds is 3. The fourth-order valence-corrected chi connectivity index (χ4v) is 2.61. The van der Waals surface area contributed by atoms with E-state index in [1.807, 2.05) is 4.90 Å². The van der Waals surface area contributed by atoms with Gasteiger partial charge in [0, 0.05) is 19.5 Å². The van der Waals surface area contributed by atoms with Crippen LogP contribution in [-0.4, -0.2) is 36.3 Å². The van der Waals surface area contributed by atoms with Crippen LogP contribution in [0.25, 0.3) is 0 Å². The molecule has 2 fully saturated rings. The summed E-state index contributed by atoms with van der Waals surface area (Å²) in [5, 5.41) is 2.63. The van der Waals surface area contributed by atoms with E-state index in [-0.39, 0.29) is 18.4 Å². The third-order valence-electron chi connectivity index (χ3n) is 4.09. The van der Waals surface area contributed by atoms with E-state index in [1.165, 1.54) is 19.3 Å². The number of carbonyl (C=O) groups excluding carboxylic acids is 2. The molecular weight excluding hydrogens is 204 g/mol. The standard InChI is InChI=1S/C12H20N2O2/c1-2-12(5-3-6-12)9-14-7-4-10(15)13-8-11(14)16/h2-9H2,1H3,(H,13,15). The highest BCUT2D eigenvalue weighted by atomic mass is 16.2. The Bertz CT molecular complexity index is 292. The Hall–Kier alpha value is -1.06. The van der Waals surface area contributed by atoms with Crippen molar-refractivity contribution >= 4 is 11.8 Å². The molecule has 90 valence electrons. The summed E-state index contributed by atoms with van der Waals surface area (Å²) >= 11 is 0. The molecule has 4 heteroatoms. The van der Waals surface area contributed by atoms with E-state index in [9.17, 15) is 9.59 Å². The van der Waals surface area contributed by atoms with E-state index in [0.29, 0.717) is 18.4 Å². The van der Waals surface area contributed by atoms with Gasteiger partial charge >= 0.3 is 0 Å². The molecule has 1 saturated heterocycles. The Labute approximate surface area is 96.4 Å². The molecule has 1 saturated carbocycles. The van der Waals surface area contributed by atoms with Crippen LogP contribution in [0.1, 0.15) is 39.0 Å². The SMILES string of the molecule is CCC1(CN2CCC(=O)NCC2=O)CCC1. The summed E-state index contributed by atoms with van der Waals surface area (Å²) in [7, 11) is 0. The molecule has 2 aliphatic rings. The first-order chi connectivity index (χ1) is 7.65. The van der Waals surface area contributed by atoms with Crippen LogP contribution in [0.5, 0.6) is 0 Å². The number of carbonyl (C=O) groups is 2. The average molecular weight is 224 g/mol. The Morgan fingerprint density at radius 1 is 1.38 bits per heavy atom. The summed E-state index contributed by atoms with van der Waals surface area (Å²) in [5.41, 5.74) is 0.350. The Balaban J connectivity index is 1.97. The first-order valence-corrected chi connectivity index (χ1v) is 6.20. The van der Waals surface area contributed by atoms with Crippen molar-refractivity contribution in [2.24, 2.45) is 5.41 Å². The van der Waals surface area contributed by atoms with Crippen molar-refractivity contribution in [3.05, 3.63) is 0 Å². The van der Waals surface area contributed by atoms with Crippen LogP contribution in [0.2, 0.25) is 0 Å². The summed E-state index contributed by atoms with van der Waals surface area (Å²) in [6, 6.07) is 0. The molecule has 1 N–H and O–H groups in total. The Kier molecular flexibility index (Phi) is 3.17. The van der Waals surface area contributed by atoms with Crippen LogP contribution < -0.4 is 5.32 Å². The summed E-state index contributed by atoms with van der Waals surface area (Å²) in [4.78, 5) is 24.9. The second kappa shape index (κ2) is 4.44. The highest BCUT2D eigenvalue weighted by Crippen LogP contribution is 2.44. The molecule has 1 aliphatic heterocycles. The lowest BCUT2D eigenvalue weighted by Gasteiger charge is -2.44. The average Bonchev–Trinajstić information content (AvgIpc) is 2.37. The molecule has 0 aromatic heterocycles. The lowest BCUT2D eigenvalue weighted by atomic mass is 9.66. The van der Waals surface area contributed by atoms with Gasteiger partial charge in [-0.25, -0.2) is 0 Å². The monoisotopic (exact) mass is 224 g/mol. The minimum Gasteiger partial charge on any atom is -0.347 e. The van der Waals surface area contributed by atoms with Crippen molar-refractivity contribution in [1.82, 2.24) is 10.2 Å². The minimum atomic E-state index is -0.00462. The summed E-state index contributed by atoms with van der Waals surface area (Å²) in [6.45, 7) is 3.81. The maximum atomic E-state index is 11.8. The molecule has 2 rings (SSSR count). The largest absolute Gasteiger partial charge is 0.347 e. The maximum Gasteiger partial charge on any atom is 0.241 e. The fraction of sp³-hybridized carbons (Fsp3) is 0.833. The van der Waals surface area contributed by atoms with Gasteiger partial charge in [-0.15, -0.1) is 0 Å². The van der Waals surface area contributed by atoms with Crippen molar-refractivity contribution in [3.8, 4) is 0 Å². The molecule has 0 unspecified atom stereocenters. The third-order valence-corrected chi connectivity index (χ3v) is 4.09. The quantitative estimate of drug-likeness (QED) is 0.775. The van der Waals surface area contributed by atoms with Gasteiger partial charge in [-0.2, -0.15) is 0 Å². The highest BCUT2D eigenvalue weighted by Gasteiger charge is 2.38. The van der Waals surface area contributed by atoms with E-state index < -0.39 is 0 Å². The Morgan fingerprint density at radius 2 is 2.12 bits per heavy atom. The van der Waals surface area contributed by atoms with Crippen LogP contribution in [-0.2, 0) is 9.59 Å². The zero-order valence-corrected chi connectivity index (χ0v) is 9.92. The summed E-state index contributed by atoms with van der Waals surface area (Å²) < 4.78 is 0. The predicted molar refractivity (Wildman–Crippen MR) is 60.8 cm³/mol. The second-order valence-corrected chi connectivity index (χ2v) is 5.05. The van der Waals surface area contributed by atoms with Gasteiger partial charge in [0.1, 0.15) is 0 Å². The maximum absolute atomic E-state index is 11.8. The molecule has 4 nitrogen and oxygen atoms in total. The van der Waals surface area contributed by atoms with Crippen LogP contribution in [0, 0.1) is 5.41 Å².